The van der Waals surface area contributed by atoms with Gasteiger partial charge >= 0.3 is 0 Å². The SMILES string of the molecule is Cc1cc(Cl)ccc1C(=O)c1ccc(C(C)C)cc1. The minimum absolute atomic E-state index is 0.0458. The Balaban J connectivity index is 2.33. The molecule has 2 aromatic rings. The van der Waals surface area contributed by atoms with E-state index in [1.54, 1.807) is 12.1 Å². The molecule has 0 heterocycles. The van der Waals surface area contributed by atoms with Crippen LogP contribution in [0.4, 0.5) is 0 Å². The van der Waals surface area contributed by atoms with Crippen molar-refractivity contribution in [2.45, 2.75) is 26.7 Å². The van der Waals surface area contributed by atoms with E-state index < -0.39 is 0 Å². The third kappa shape index (κ3) is 3.05. The van der Waals surface area contributed by atoms with Crippen LogP contribution in [0.15, 0.2) is 42.5 Å². The second-order valence-corrected chi connectivity index (χ2v) is 5.50. The summed E-state index contributed by atoms with van der Waals surface area (Å²) in [6, 6.07) is 13.2. The molecule has 2 rings (SSSR count). The van der Waals surface area contributed by atoms with Crippen molar-refractivity contribution in [1.29, 1.82) is 0 Å². The van der Waals surface area contributed by atoms with E-state index in [1.807, 2.05) is 37.3 Å². The number of hydrogen-bond donors (Lipinski definition) is 0. The van der Waals surface area contributed by atoms with Crippen LogP contribution < -0.4 is 0 Å². The topological polar surface area (TPSA) is 17.1 Å². The predicted molar refractivity (Wildman–Crippen MR) is 80.2 cm³/mol. The summed E-state index contributed by atoms with van der Waals surface area (Å²) in [5.41, 5.74) is 3.58. The minimum Gasteiger partial charge on any atom is -0.289 e. The molecule has 0 spiro atoms. The van der Waals surface area contributed by atoms with Gasteiger partial charge in [-0.1, -0.05) is 49.7 Å². The molecule has 0 N–H and O–H groups in total. The molecule has 2 heteroatoms. The molecule has 1 nitrogen and oxygen atoms in total. The van der Waals surface area contributed by atoms with Crippen molar-refractivity contribution >= 4 is 17.4 Å². The van der Waals surface area contributed by atoms with Gasteiger partial charge in [-0.15, -0.1) is 0 Å². The molecule has 0 unspecified atom stereocenters. The van der Waals surface area contributed by atoms with Gasteiger partial charge in [-0.2, -0.15) is 0 Å². The van der Waals surface area contributed by atoms with E-state index in [-0.39, 0.29) is 5.78 Å². The highest BCUT2D eigenvalue weighted by Crippen LogP contribution is 2.20. The summed E-state index contributed by atoms with van der Waals surface area (Å²) in [5.74, 6) is 0.519. The summed E-state index contributed by atoms with van der Waals surface area (Å²) in [6.45, 7) is 6.18. The molecular weight excluding hydrogens is 256 g/mol. The van der Waals surface area contributed by atoms with Gasteiger partial charge in [-0.25, -0.2) is 0 Å². The molecule has 0 aliphatic rings. The predicted octanol–water partition coefficient (Wildman–Crippen LogP) is 5.00. The highest BCUT2D eigenvalue weighted by atomic mass is 35.5. The highest BCUT2D eigenvalue weighted by Gasteiger charge is 2.12. The van der Waals surface area contributed by atoms with Crippen LogP contribution in [-0.4, -0.2) is 5.78 Å². The third-order valence-electron chi connectivity index (χ3n) is 3.27. The molecule has 0 fully saturated rings. The number of aryl methyl sites for hydroxylation is 1. The standard InChI is InChI=1S/C17H17ClO/c1-11(2)13-4-6-14(7-5-13)17(19)16-9-8-15(18)10-12(16)3/h4-11H,1-3H3. The van der Waals surface area contributed by atoms with Gasteiger partial charge in [-0.05, 0) is 42.2 Å². The average molecular weight is 273 g/mol. The maximum absolute atomic E-state index is 12.4. The summed E-state index contributed by atoms with van der Waals surface area (Å²) < 4.78 is 0. The Morgan fingerprint density at radius 3 is 2.21 bits per heavy atom. The van der Waals surface area contributed by atoms with Crippen molar-refractivity contribution in [2.75, 3.05) is 0 Å². The molecule has 0 saturated carbocycles. The molecule has 0 aliphatic carbocycles. The zero-order chi connectivity index (χ0) is 14.0. The Labute approximate surface area is 119 Å². The van der Waals surface area contributed by atoms with Crippen molar-refractivity contribution in [1.82, 2.24) is 0 Å². The van der Waals surface area contributed by atoms with Crippen molar-refractivity contribution in [3.8, 4) is 0 Å². The largest absolute Gasteiger partial charge is 0.289 e. The Morgan fingerprint density at radius 2 is 1.68 bits per heavy atom. The number of ketones is 1. The zero-order valence-corrected chi connectivity index (χ0v) is 12.2. The second kappa shape index (κ2) is 5.58. The van der Waals surface area contributed by atoms with Gasteiger partial charge in [0.25, 0.3) is 0 Å². The van der Waals surface area contributed by atoms with E-state index in [0.29, 0.717) is 16.5 Å². The first-order valence-corrected chi connectivity index (χ1v) is 6.77. The normalized spacial score (nSPS) is 10.8. The minimum atomic E-state index is 0.0458. The number of benzene rings is 2. The van der Waals surface area contributed by atoms with Crippen molar-refractivity contribution in [3.05, 3.63) is 69.7 Å². The lowest BCUT2D eigenvalue weighted by Crippen LogP contribution is -2.04. The molecule has 19 heavy (non-hydrogen) atoms. The maximum atomic E-state index is 12.4. The van der Waals surface area contributed by atoms with Crippen LogP contribution in [0.2, 0.25) is 5.02 Å². The van der Waals surface area contributed by atoms with Gasteiger partial charge in [0.2, 0.25) is 0 Å². The fraction of sp³-hybridized carbons (Fsp3) is 0.235. The Bertz CT molecular complexity index is 597. The number of carbonyl (C=O) groups is 1. The van der Waals surface area contributed by atoms with Crippen molar-refractivity contribution in [3.63, 3.8) is 0 Å². The Kier molecular flexibility index (Phi) is 4.06. The van der Waals surface area contributed by atoms with Crippen LogP contribution in [0.3, 0.4) is 0 Å². The maximum Gasteiger partial charge on any atom is 0.193 e. The van der Waals surface area contributed by atoms with Gasteiger partial charge < -0.3 is 0 Å². The average Bonchev–Trinajstić information content (AvgIpc) is 2.38. The molecule has 0 aromatic heterocycles. The number of carbonyl (C=O) groups excluding carboxylic acids is 1. The fourth-order valence-electron chi connectivity index (χ4n) is 2.06. The molecule has 98 valence electrons. The van der Waals surface area contributed by atoms with Gasteiger partial charge in [0, 0.05) is 16.1 Å². The molecule has 0 bridgehead atoms. The Hall–Kier alpha value is -1.60. The summed E-state index contributed by atoms with van der Waals surface area (Å²) in [4.78, 5) is 12.4. The second-order valence-electron chi connectivity index (χ2n) is 5.07. The molecule has 0 saturated heterocycles. The first kappa shape index (κ1) is 13.8. The van der Waals surface area contributed by atoms with E-state index in [2.05, 4.69) is 13.8 Å². The third-order valence-corrected chi connectivity index (χ3v) is 3.51. The van der Waals surface area contributed by atoms with Gasteiger partial charge in [0.05, 0.1) is 0 Å². The summed E-state index contributed by atoms with van der Waals surface area (Å²) in [7, 11) is 0. The lowest BCUT2D eigenvalue weighted by Gasteiger charge is -2.08. The van der Waals surface area contributed by atoms with Gasteiger partial charge in [0.15, 0.2) is 5.78 Å². The monoisotopic (exact) mass is 272 g/mol. The summed E-state index contributed by atoms with van der Waals surface area (Å²) in [5, 5.41) is 0.657. The van der Waals surface area contributed by atoms with Crippen LogP contribution >= 0.6 is 11.6 Å². The van der Waals surface area contributed by atoms with E-state index in [9.17, 15) is 4.79 Å². The van der Waals surface area contributed by atoms with Crippen LogP contribution in [0, 0.1) is 6.92 Å². The molecule has 0 amide bonds. The van der Waals surface area contributed by atoms with Crippen molar-refractivity contribution < 1.29 is 4.79 Å². The molecule has 0 radical (unpaired) electrons. The van der Waals surface area contributed by atoms with E-state index in [0.717, 1.165) is 11.1 Å². The van der Waals surface area contributed by atoms with E-state index >= 15 is 0 Å². The quantitative estimate of drug-likeness (QED) is 0.719. The number of halogens is 1. The van der Waals surface area contributed by atoms with Crippen LogP contribution in [0.1, 0.15) is 46.8 Å². The summed E-state index contributed by atoms with van der Waals surface area (Å²) in [6.07, 6.45) is 0. The van der Waals surface area contributed by atoms with E-state index in [4.69, 9.17) is 11.6 Å². The fourth-order valence-corrected chi connectivity index (χ4v) is 2.28. The van der Waals surface area contributed by atoms with Crippen LogP contribution in [0.25, 0.3) is 0 Å². The first-order chi connectivity index (χ1) is 8.99. The molecular formula is C17H17ClO. The lowest BCUT2D eigenvalue weighted by molar-refractivity contribution is 0.103. The van der Waals surface area contributed by atoms with Crippen LogP contribution in [0.5, 0.6) is 0 Å². The number of rotatable bonds is 3. The van der Waals surface area contributed by atoms with Gasteiger partial charge in [-0.3, -0.25) is 4.79 Å². The zero-order valence-electron chi connectivity index (χ0n) is 11.4. The lowest BCUT2D eigenvalue weighted by atomic mass is 9.96. The van der Waals surface area contributed by atoms with Gasteiger partial charge in [0.1, 0.15) is 0 Å². The summed E-state index contributed by atoms with van der Waals surface area (Å²) >= 11 is 5.91. The van der Waals surface area contributed by atoms with Crippen molar-refractivity contribution in [2.24, 2.45) is 0 Å². The highest BCUT2D eigenvalue weighted by molar-refractivity contribution is 6.30. The molecule has 0 aliphatic heterocycles. The Morgan fingerprint density at radius 1 is 1.05 bits per heavy atom. The van der Waals surface area contributed by atoms with E-state index in [1.165, 1.54) is 5.56 Å². The van der Waals surface area contributed by atoms with Crippen LogP contribution in [-0.2, 0) is 0 Å². The number of hydrogen-bond acceptors (Lipinski definition) is 1. The molecule has 2 aromatic carbocycles. The smallest absolute Gasteiger partial charge is 0.193 e. The molecule has 0 atom stereocenters. The first-order valence-electron chi connectivity index (χ1n) is 6.40.